The van der Waals surface area contributed by atoms with Gasteiger partial charge in [-0.1, -0.05) is 5.16 Å². The number of nitrogens with one attached hydrogen (secondary N) is 3. The molecule has 1 aromatic rings. The lowest BCUT2D eigenvalue weighted by atomic mass is 10.1. The van der Waals surface area contributed by atoms with Gasteiger partial charge in [0.1, 0.15) is 17.8 Å². The Morgan fingerprint density at radius 3 is 2.38 bits per heavy atom. The van der Waals surface area contributed by atoms with Gasteiger partial charge in [-0.25, -0.2) is 9.78 Å². The van der Waals surface area contributed by atoms with Crippen LogP contribution in [-0.2, 0) is 34.3 Å². The van der Waals surface area contributed by atoms with Crippen LogP contribution in [0.2, 0.25) is 0 Å². The van der Waals surface area contributed by atoms with Crippen LogP contribution in [0.15, 0.2) is 15.5 Å². The number of guanidine groups is 1. The Labute approximate surface area is 232 Å². The zero-order valence-corrected chi connectivity index (χ0v) is 23.2. The van der Waals surface area contributed by atoms with E-state index in [0.29, 0.717) is 0 Å². The van der Waals surface area contributed by atoms with Gasteiger partial charge in [-0.15, -0.1) is 11.3 Å². The predicted molar refractivity (Wildman–Crippen MR) is 141 cm³/mol. The van der Waals surface area contributed by atoms with Crippen molar-refractivity contribution in [2.75, 3.05) is 12.3 Å². The van der Waals surface area contributed by atoms with Crippen molar-refractivity contribution in [3.63, 3.8) is 0 Å². The molecule has 2 amide bonds. The maximum Gasteiger partial charge on any atom is 0.350 e. The molecule has 12 N–H and O–H groups in total. The Balaban J connectivity index is 3.22. The van der Waals surface area contributed by atoms with Crippen LogP contribution in [0.3, 0.4) is 0 Å². The normalized spacial score (nSPS) is 15.0. The van der Waals surface area contributed by atoms with E-state index in [1.54, 1.807) is 4.72 Å². The number of rotatable bonds is 15. The smallest absolute Gasteiger partial charge is 0.350 e. The molecule has 0 radical (unpaired) electrons. The highest BCUT2D eigenvalue weighted by Crippen LogP contribution is 2.15. The number of hydrogen-bond donors (Lipinski definition) is 9. The van der Waals surface area contributed by atoms with Crippen molar-refractivity contribution < 1.29 is 47.2 Å². The summed E-state index contributed by atoms with van der Waals surface area (Å²) in [6.45, 7) is 3.40. The number of nitrogens with zero attached hydrogens (tertiary/aromatic N) is 3. The SMILES string of the molecule is C[C@H](NS(=O)(=O)O)[C@H](NC(=O)/C(=N\OC(C)(C)C(=O)O)c1csc(N)n1)C(=O)NC(N)=NCCCC(N)C(=O)O. The van der Waals surface area contributed by atoms with E-state index in [9.17, 15) is 37.3 Å². The fraction of sp³-hybridized carbons (Fsp3) is 0.526. The molecule has 0 saturated carbocycles. The number of anilines is 1. The standard InChI is InChI=1S/C19H31N9O10S2/c1-8(28-40(35,36)37)11(13(29)26-17(21)23-6-4-5-9(20)15(31)32)25-14(30)12(10-7-39-18(22)24-10)27-38-19(2,3)16(33)34/h7-9,11,28H,4-6,20H2,1-3H3,(H2,22,24)(H,25,30)(H,31,32)(H,33,34)(H,35,36,37)(H3,21,23,26,29)/b27-12-/t8-,9?,11-/m0/s1. The number of carbonyl (C=O) groups is 4. The average molecular weight is 610 g/mol. The van der Waals surface area contributed by atoms with Crippen molar-refractivity contribution in [3.05, 3.63) is 11.1 Å². The molecule has 0 spiro atoms. The zero-order valence-electron chi connectivity index (χ0n) is 21.5. The first-order chi connectivity index (χ1) is 18.3. The minimum absolute atomic E-state index is 0.0111. The number of thiazole rings is 1. The summed E-state index contributed by atoms with van der Waals surface area (Å²) in [4.78, 5) is 60.9. The molecule has 3 atom stereocenters. The second-order valence-corrected chi connectivity index (χ2v) is 10.7. The summed E-state index contributed by atoms with van der Waals surface area (Å²) in [5.41, 5.74) is 14.0. The van der Waals surface area contributed by atoms with Crippen molar-refractivity contribution in [1.82, 2.24) is 20.3 Å². The van der Waals surface area contributed by atoms with Gasteiger partial charge in [0.15, 0.2) is 16.8 Å². The van der Waals surface area contributed by atoms with E-state index in [4.69, 9.17) is 27.1 Å². The van der Waals surface area contributed by atoms with Gasteiger partial charge in [-0.3, -0.25) is 29.2 Å². The van der Waals surface area contributed by atoms with Crippen LogP contribution in [0.5, 0.6) is 0 Å². The van der Waals surface area contributed by atoms with Gasteiger partial charge < -0.3 is 37.6 Å². The molecule has 224 valence electrons. The molecule has 0 aliphatic carbocycles. The maximum absolute atomic E-state index is 13.2. The third kappa shape index (κ3) is 11.4. The molecule has 21 heteroatoms. The van der Waals surface area contributed by atoms with Gasteiger partial charge in [0, 0.05) is 11.9 Å². The highest BCUT2D eigenvalue weighted by Gasteiger charge is 2.34. The first-order valence-electron chi connectivity index (χ1n) is 11.2. The van der Waals surface area contributed by atoms with Crippen molar-refractivity contribution >= 4 is 62.2 Å². The number of amides is 2. The average Bonchev–Trinajstić information content (AvgIpc) is 3.24. The highest BCUT2D eigenvalue weighted by atomic mass is 32.2. The molecule has 0 aromatic carbocycles. The quantitative estimate of drug-likeness (QED) is 0.0319. The van der Waals surface area contributed by atoms with E-state index in [0.717, 1.165) is 32.1 Å². The van der Waals surface area contributed by atoms with Gasteiger partial charge in [0.05, 0.1) is 6.04 Å². The number of nitrogens with two attached hydrogens (primary N) is 3. The second-order valence-electron chi connectivity index (χ2n) is 8.59. The molecular formula is C19H31N9O10S2. The van der Waals surface area contributed by atoms with E-state index in [1.807, 2.05) is 0 Å². The summed E-state index contributed by atoms with van der Waals surface area (Å²) in [6.07, 6.45) is 0.270. The van der Waals surface area contributed by atoms with Crippen molar-refractivity contribution in [2.45, 2.75) is 57.3 Å². The van der Waals surface area contributed by atoms with Crippen LogP contribution >= 0.6 is 11.3 Å². The summed E-state index contributed by atoms with van der Waals surface area (Å²) in [5, 5.41) is 27.3. The third-order valence-electron chi connectivity index (χ3n) is 4.79. The van der Waals surface area contributed by atoms with Gasteiger partial charge in [0.2, 0.25) is 5.60 Å². The molecule has 1 unspecified atom stereocenters. The number of nitrogen functional groups attached to an aromatic ring is 1. The number of carbonyl (C=O) groups excluding carboxylic acids is 2. The molecule has 0 saturated heterocycles. The van der Waals surface area contributed by atoms with Gasteiger partial charge >= 0.3 is 22.2 Å². The van der Waals surface area contributed by atoms with E-state index in [1.165, 1.54) is 5.38 Å². The van der Waals surface area contributed by atoms with E-state index >= 15 is 0 Å². The topological polar surface area (TPSA) is 324 Å². The largest absolute Gasteiger partial charge is 0.480 e. The first kappa shape index (κ1) is 34.1. The molecule has 0 aliphatic rings. The fourth-order valence-corrected chi connectivity index (χ4v) is 3.76. The van der Waals surface area contributed by atoms with Crippen molar-refractivity contribution in [3.8, 4) is 0 Å². The van der Waals surface area contributed by atoms with Crippen LogP contribution in [0, 0.1) is 0 Å². The number of carboxylic acids is 2. The Hall–Kier alpha value is -3.92. The molecular weight excluding hydrogens is 578 g/mol. The van der Waals surface area contributed by atoms with Crippen molar-refractivity contribution in [1.29, 1.82) is 0 Å². The minimum atomic E-state index is -4.86. The zero-order chi connectivity index (χ0) is 30.8. The van der Waals surface area contributed by atoms with Crippen LogP contribution in [-0.4, -0.2) is 93.9 Å². The Bertz CT molecular complexity index is 1260. The molecule has 0 bridgehead atoms. The summed E-state index contributed by atoms with van der Waals surface area (Å²) in [7, 11) is -4.86. The van der Waals surface area contributed by atoms with Crippen LogP contribution in [0.25, 0.3) is 0 Å². The molecule has 19 nitrogen and oxygen atoms in total. The van der Waals surface area contributed by atoms with E-state index in [2.05, 4.69) is 25.8 Å². The Morgan fingerprint density at radius 1 is 1.25 bits per heavy atom. The molecule has 1 heterocycles. The van der Waals surface area contributed by atoms with Gasteiger partial charge in [0.25, 0.3) is 11.8 Å². The number of aliphatic carboxylic acids is 2. The van der Waals surface area contributed by atoms with Crippen molar-refractivity contribution in [2.24, 2.45) is 21.6 Å². The third-order valence-corrected chi connectivity index (χ3v) is 6.13. The van der Waals surface area contributed by atoms with E-state index < -0.39 is 69.5 Å². The van der Waals surface area contributed by atoms with Crippen LogP contribution in [0.1, 0.15) is 39.3 Å². The molecule has 0 fully saturated rings. The molecule has 1 aromatic heterocycles. The molecule has 40 heavy (non-hydrogen) atoms. The lowest BCUT2D eigenvalue weighted by molar-refractivity contribution is -0.161. The highest BCUT2D eigenvalue weighted by molar-refractivity contribution is 7.83. The minimum Gasteiger partial charge on any atom is -0.480 e. The summed E-state index contributed by atoms with van der Waals surface area (Å²) >= 11 is 0.908. The number of aromatic nitrogens is 1. The Kier molecular flexibility index (Phi) is 12.3. The fourth-order valence-electron chi connectivity index (χ4n) is 2.61. The van der Waals surface area contributed by atoms with Crippen LogP contribution < -0.4 is 32.6 Å². The summed E-state index contributed by atoms with van der Waals surface area (Å²) < 4.78 is 33.6. The molecule has 0 aliphatic heterocycles. The first-order valence-corrected chi connectivity index (χ1v) is 13.5. The number of aliphatic imine (C=N–C) groups is 1. The number of oxime groups is 1. The lowest BCUT2D eigenvalue weighted by Gasteiger charge is -2.24. The molecule has 1 rings (SSSR count). The van der Waals surface area contributed by atoms with E-state index in [-0.39, 0.29) is 30.2 Å². The monoisotopic (exact) mass is 609 g/mol. The van der Waals surface area contributed by atoms with Gasteiger partial charge in [-0.05, 0) is 33.6 Å². The summed E-state index contributed by atoms with van der Waals surface area (Å²) in [5.74, 6) is -5.35. The van der Waals surface area contributed by atoms with Gasteiger partial charge in [-0.2, -0.15) is 13.1 Å². The summed E-state index contributed by atoms with van der Waals surface area (Å²) in [6, 6.07) is -4.37. The predicted octanol–water partition coefficient (Wildman–Crippen LogP) is -2.80. The number of carboxylic acid groups (broad SMARTS) is 2. The maximum atomic E-state index is 13.2. The Morgan fingerprint density at radius 2 is 1.88 bits per heavy atom. The van der Waals surface area contributed by atoms with Crippen LogP contribution in [0.4, 0.5) is 5.13 Å². The second kappa shape index (κ2) is 14.5. The lowest BCUT2D eigenvalue weighted by Crippen LogP contribution is -2.60. The number of hydrogen-bond acceptors (Lipinski definition) is 13.